The van der Waals surface area contributed by atoms with Gasteiger partial charge in [0.2, 0.25) is 5.78 Å². The van der Waals surface area contributed by atoms with E-state index < -0.39 is 95.9 Å². The van der Waals surface area contributed by atoms with Gasteiger partial charge < -0.3 is 49.0 Å². The fourth-order valence-electron chi connectivity index (χ4n) is 8.15. The molecule has 10 atom stereocenters. The summed E-state index contributed by atoms with van der Waals surface area (Å²) in [4.78, 5) is 55.6. The highest BCUT2D eigenvalue weighted by Gasteiger charge is 2.54. The number of methoxy groups -OCH3 is 1. The highest BCUT2D eigenvalue weighted by molar-refractivity contribution is 6.30. The number of aromatic hydroxyl groups is 2. The Bertz CT molecular complexity index is 1740. The largest absolute Gasteiger partial charge is 0.507 e. The third kappa shape index (κ3) is 6.58. The van der Waals surface area contributed by atoms with Gasteiger partial charge in [0.25, 0.3) is 0 Å². The zero-order valence-corrected chi connectivity index (χ0v) is 29.5. The van der Waals surface area contributed by atoms with Crippen molar-refractivity contribution in [2.75, 3.05) is 21.2 Å². The second kappa shape index (κ2) is 14.0. The Morgan fingerprint density at radius 2 is 1.69 bits per heavy atom. The van der Waals surface area contributed by atoms with Gasteiger partial charge in [-0.1, -0.05) is 12.1 Å². The summed E-state index contributed by atoms with van der Waals surface area (Å²) in [6, 6.07) is 5.02. The first-order valence-corrected chi connectivity index (χ1v) is 17.1. The number of nitrogens with zero attached hydrogens (tertiary/aromatic N) is 1. The number of phenols is 2. The summed E-state index contributed by atoms with van der Waals surface area (Å²) >= 11 is 0. The van der Waals surface area contributed by atoms with Crippen LogP contribution >= 0.6 is 0 Å². The van der Waals surface area contributed by atoms with E-state index >= 15 is 0 Å². The first kappa shape index (κ1) is 37.0. The van der Waals surface area contributed by atoms with Gasteiger partial charge >= 0.3 is 5.97 Å². The lowest BCUT2D eigenvalue weighted by atomic mass is 9.66. The number of phenolic OH excluding ortho intramolecular Hbond substituents is 2. The summed E-state index contributed by atoms with van der Waals surface area (Å²) < 4.78 is 30.2. The number of esters is 1. The molecule has 14 nitrogen and oxygen atoms in total. The van der Waals surface area contributed by atoms with Gasteiger partial charge in [-0.2, -0.15) is 0 Å². The van der Waals surface area contributed by atoms with E-state index in [2.05, 4.69) is 0 Å². The molecule has 2 aromatic rings. The van der Waals surface area contributed by atoms with Gasteiger partial charge in [0.15, 0.2) is 18.4 Å². The van der Waals surface area contributed by atoms with E-state index in [9.17, 15) is 39.6 Å². The molecule has 0 amide bonds. The zero-order chi connectivity index (χ0) is 37.1. The molecule has 2 aromatic carbocycles. The molecule has 276 valence electrons. The van der Waals surface area contributed by atoms with Crippen LogP contribution in [0.5, 0.6) is 11.5 Å². The van der Waals surface area contributed by atoms with Gasteiger partial charge in [-0.3, -0.25) is 19.2 Å². The van der Waals surface area contributed by atoms with Gasteiger partial charge in [-0.25, -0.2) is 0 Å². The summed E-state index contributed by atoms with van der Waals surface area (Å²) in [5, 5.41) is 44.7. The molecule has 2 heterocycles. The fourth-order valence-corrected chi connectivity index (χ4v) is 8.15. The zero-order valence-electron chi connectivity index (χ0n) is 29.5. The molecule has 2 saturated heterocycles. The molecular formula is C37H45NO13. The number of ketones is 3. The Labute approximate surface area is 295 Å². The van der Waals surface area contributed by atoms with Gasteiger partial charge in [-0.15, -0.1) is 0 Å². The molecule has 2 aliphatic heterocycles. The van der Waals surface area contributed by atoms with Crippen molar-refractivity contribution in [3.63, 3.8) is 0 Å². The number of fused-ring (bicyclic) bond motifs is 3. The van der Waals surface area contributed by atoms with Gasteiger partial charge in [0.05, 0.1) is 48.3 Å². The maximum atomic E-state index is 13.9. The summed E-state index contributed by atoms with van der Waals surface area (Å²) in [5.74, 6) is -5.49. The quantitative estimate of drug-likeness (QED) is 0.249. The molecule has 0 aromatic heterocycles. The molecule has 0 bridgehead atoms. The number of ether oxygens (including phenoxy) is 5. The van der Waals surface area contributed by atoms with Crippen LogP contribution in [-0.4, -0.2) is 118 Å². The first-order chi connectivity index (χ1) is 24.1. The number of rotatable bonds is 8. The van der Waals surface area contributed by atoms with Gasteiger partial charge in [-0.05, 0) is 59.0 Å². The average molecular weight is 712 g/mol. The summed E-state index contributed by atoms with van der Waals surface area (Å²) in [6.07, 6.45) is -4.38. The topological polar surface area (TPSA) is 199 Å². The number of Topliss-reactive ketones (excluding diaryl/α,β-unsaturated/α-hetero) is 1. The SMILES string of the molecule is COC(=O)[C@@H]1c2cc3c(c(O)c2[C@@H](O[C@H]2C[C@H](N(C)C)[C@H](O[C@H]4CC[C@H](O)[C@H](C)O4)[C@H](C)O2)C[C@]1(O)CC(C)=O)C(=O)c1c(O)cccc1C3=O. The summed E-state index contributed by atoms with van der Waals surface area (Å²) in [6.45, 7) is 4.86. The Morgan fingerprint density at radius 1 is 0.980 bits per heavy atom. The maximum Gasteiger partial charge on any atom is 0.316 e. The van der Waals surface area contributed by atoms with Crippen molar-refractivity contribution >= 4 is 23.3 Å². The van der Waals surface area contributed by atoms with E-state index in [0.717, 1.165) is 7.11 Å². The molecule has 0 unspecified atom stereocenters. The van der Waals surface area contributed by atoms with E-state index in [4.69, 9.17) is 23.7 Å². The van der Waals surface area contributed by atoms with Crippen molar-refractivity contribution in [3.05, 3.63) is 57.6 Å². The van der Waals surface area contributed by atoms with E-state index in [1.807, 2.05) is 25.9 Å². The normalized spacial score (nSPS) is 33.3. The standard InChI is InChI=1S/C37H45NO13/c1-16(39)14-37(46)15-25(50-27-13-22(38(4)5)35(18(3)49-27)51-26-11-10-23(40)17(2)48-26)29-20(31(37)36(45)47-6)12-21-30(34(29)44)33(43)28-19(32(21)42)8-7-9-24(28)41/h7-9,12,17-18,22-23,25-27,31,35,40-41,44,46H,10-11,13-15H2,1-6H3/t17-,18-,22-,23-,25-,26-,27-,31-,35+,37+/m0/s1. The Balaban J connectivity index is 1.41. The molecule has 0 radical (unpaired) electrons. The molecule has 14 heteroatoms. The van der Waals surface area contributed by atoms with Crippen LogP contribution < -0.4 is 0 Å². The highest BCUT2D eigenvalue weighted by Crippen LogP contribution is 2.54. The molecule has 0 spiro atoms. The van der Waals surface area contributed by atoms with E-state index in [1.54, 1.807) is 6.92 Å². The van der Waals surface area contributed by atoms with E-state index in [1.165, 1.54) is 31.2 Å². The van der Waals surface area contributed by atoms with E-state index in [0.29, 0.717) is 12.8 Å². The number of aliphatic hydroxyl groups excluding tert-OH is 1. The predicted molar refractivity (Wildman–Crippen MR) is 177 cm³/mol. The molecule has 2 fully saturated rings. The minimum Gasteiger partial charge on any atom is -0.507 e. The van der Waals surface area contributed by atoms with Crippen LogP contribution in [0.1, 0.15) is 108 Å². The van der Waals surface area contributed by atoms with Crippen LogP contribution in [0.4, 0.5) is 0 Å². The predicted octanol–water partition coefficient (Wildman–Crippen LogP) is 2.64. The van der Waals surface area contributed by atoms with Gasteiger partial charge in [0, 0.05) is 48.4 Å². The lowest BCUT2D eigenvalue weighted by molar-refractivity contribution is -0.302. The smallest absolute Gasteiger partial charge is 0.316 e. The minimum absolute atomic E-state index is 0.0390. The molecule has 51 heavy (non-hydrogen) atoms. The first-order valence-electron chi connectivity index (χ1n) is 17.1. The second-order valence-electron chi connectivity index (χ2n) is 14.3. The van der Waals surface area contributed by atoms with Crippen molar-refractivity contribution in [2.45, 2.75) is 114 Å². The molecule has 6 rings (SSSR count). The van der Waals surface area contributed by atoms with Crippen molar-refractivity contribution in [1.29, 1.82) is 0 Å². The Morgan fingerprint density at radius 3 is 2.33 bits per heavy atom. The Kier molecular flexibility index (Phi) is 10.2. The van der Waals surface area contributed by atoms with Crippen molar-refractivity contribution < 1.29 is 63.3 Å². The van der Waals surface area contributed by atoms with Crippen LogP contribution in [0.3, 0.4) is 0 Å². The summed E-state index contributed by atoms with van der Waals surface area (Å²) in [7, 11) is 4.87. The van der Waals surface area contributed by atoms with Crippen LogP contribution in [0, 0.1) is 0 Å². The van der Waals surface area contributed by atoms with Crippen LogP contribution in [-0.2, 0) is 33.3 Å². The molecular weight excluding hydrogens is 666 g/mol. The third-order valence-electron chi connectivity index (χ3n) is 10.6. The van der Waals surface area contributed by atoms with Crippen LogP contribution in [0.2, 0.25) is 0 Å². The number of hydrogen-bond donors (Lipinski definition) is 4. The summed E-state index contributed by atoms with van der Waals surface area (Å²) in [5.41, 5.74) is -3.15. The Hall–Kier alpha value is -3.76. The van der Waals surface area contributed by atoms with Crippen molar-refractivity contribution in [2.24, 2.45) is 0 Å². The molecule has 2 aliphatic carbocycles. The molecule has 0 saturated carbocycles. The highest BCUT2D eigenvalue weighted by atomic mass is 16.7. The van der Waals surface area contributed by atoms with Crippen molar-refractivity contribution in [3.8, 4) is 11.5 Å². The fraction of sp³-hybridized carbons (Fsp3) is 0.568. The number of hydrogen-bond acceptors (Lipinski definition) is 14. The second-order valence-corrected chi connectivity index (χ2v) is 14.3. The number of likely N-dealkylation sites (N-methyl/N-ethyl adjacent to an activating group) is 1. The third-order valence-corrected chi connectivity index (χ3v) is 10.6. The number of benzene rings is 2. The maximum absolute atomic E-state index is 13.9. The van der Waals surface area contributed by atoms with E-state index in [-0.39, 0.29) is 52.3 Å². The minimum atomic E-state index is -2.08. The molecule has 4 N–H and O–H groups in total. The van der Waals surface area contributed by atoms with Crippen LogP contribution in [0.15, 0.2) is 24.3 Å². The number of carbonyl (C=O) groups is 4. The van der Waals surface area contributed by atoms with Gasteiger partial charge in [0.1, 0.15) is 29.3 Å². The molecule has 4 aliphatic rings. The number of carbonyl (C=O) groups excluding carboxylic acids is 4. The lowest BCUT2D eigenvalue weighted by Crippen LogP contribution is -2.56. The van der Waals surface area contributed by atoms with Crippen molar-refractivity contribution in [1.82, 2.24) is 4.90 Å². The lowest BCUT2D eigenvalue weighted by Gasteiger charge is -2.47. The monoisotopic (exact) mass is 711 g/mol. The van der Waals surface area contributed by atoms with Crippen LogP contribution in [0.25, 0.3) is 0 Å². The average Bonchev–Trinajstić information content (AvgIpc) is 3.05. The number of aliphatic hydroxyl groups is 2.